The molecule has 2 aromatic carbocycles. The molecule has 0 saturated heterocycles. The Morgan fingerprint density at radius 3 is 2.62 bits per heavy atom. The van der Waals surface area contributed by atoms with E-state index in [2.05, 4.69) is 42.5 Å². The Balaban J connectivity index is 1.80. The molecule has 0 spiro atoms. The van der Waals surface area contributed by atoms with Crippen LogP contribution in [-0.4, -0.2) is 38.0 Å². The van der Waals surface area contributed by atoms with Crippen LogP contribution in [0.25, 0.3) is 0 Å². The van der Waals surface area contributed by atoms with Crippen LogP contribution in [0.3, 0.4) is 0 Å². The Labute approximate surface area is 191 Å². The second-order valence-electron chi connectivity index (χ2n) is 7.77. The number of hydrogen-bond donors (Lipinski definition) is 1. The van der Waals surface area contributed by atoms with Gasteiger partial charge in [-0.15, -0.1) is 0 Å². The minimum atomic E-state index is -0.126. The molecular formula is C26H36N2O4. The molecule has 0 aliphatic rings. The molecular weight excluding hydrogens is 404 g/mol. The molecule has 0 aromatic heterocycles. The zero-order valence-electron chi connectivity index (χ0n) is 19.7. The van der Waals surface area contributed by atoms with E-state index in [1.54, 1.807) is 6.21 Å². The van der Waals surface area contributed by atoms with Gasteiger partial charge in [0.2, 0.25) is 0 Å². The van der Waals surface area contributed by atoms with Crippen LogP contribution in [0, 0.1) is 6.92 Å². The van der Waals surface area contributed by atoms with Gasteiger partial charge in [-0.25, -0.2) is 0 Å². The molecule has 0 aliphatic carbocycles. The highest BCUT2D eigenvalue weighted by Crippen LogP contribution is 2.22. The molecule has 0 fully saturated rings. The van der Waals surface area contributed by atoms with E-state index in [1.807, 2.05) is 38.1 Å². The summed E-state index contributed by atoms with van der Waals surface area (Å²) in [6.07, 6.45) is 4.70. The van der Waals surface area contributed by atoms with Gasteiger partial charge in [-0.2, -0.15) is 0 Å². The third-order valence-corrected chi connectivity index (χ3v) is 4.83. The SMILES string of the molecule is CCON=Cc1ccc(CCOc2cc(C)cc(NC(C)CCCC(=O)OCC)c2)cc1. The van der Waals surface area contributed by atoms with Crippen molar-refractivity contribution in [3.8, 4) is 5.75 Å². The smallest absolute Gasteiger partial charge is 0.305 e. The fraction of sp³-hybridized carbons (Fsp3) is 0.462. The lowest BCUT2D eigenvalue weighted by atomic mass is 10.1. The molecule has 32 heavy (non-hydrogen) atoms. The summed E-state index contributed by atoms with van der Waals surface area (Å²) in [7, 11) is 0. The number of nitrogens with zero attached hydrogens (tertiary/aromatic N) is 1. The van der Waals surface area contributed by atoms with Crippen molar-refractivity contribution in [2.24, 2.45) is 5.16 Å². The number of esters is 1. The molecule has 6 nitrogen and oxygen atoms in total. The largest absolute Gasteiger partial charge is 0.493 e. The highest BCUT2D eigenvalue weighted by atomic mass is 16.6. The van der Waals surface area contributed by atoms with Gasteiger partial charge in [0, 0.05) is 30.6 Å². The monoisotopic (exact) mass is 440 g/mol. The third kappa shape index (κ3) is 9.86. The van der Waals surface area contributed by atoms with E-state index in [0.29, 0.717) is 26.2 Å². The van der Waals surface area contributed by atoms with Gasteiger partial charge >= 0.3 is 5.97 Å². The number of ether oxygens (including phenoxy) is 2. The zero-order chi connectivity index (χ0) is 23.2. The highest BCUT2D eigenvalue weighted by molar-refractivity contribution is 5.79. The van der Waals surface area contributed by atoms with E-state index in [0.717, 1.165) is 41.8 Å². The van der Waals surface area contributed by atoms with Gasteiger partial charge in [-0.3, -0.25) is 4.79 Å². The van der Waals surface area contributed by atoms with Gasteiger partial charge in [0.05, 0.1) is 19.4 Å². The first-order chi connectivity index (χ1) is 15.5. The summed E-state index contributed by atoms with van der Waals surface area (Å²) in [5, 5.41) is 7.39. The van der Waals surface area contributed by atoms with Crippen LogP contribution in [0.4, 0.5) is 5.69 Å². The van der Waals surface area contributed by atoms with Crippen molar-refractivity contribution in [2.75, 3.05) is 25.1 Å². The van der Waals surface area contributed by atoms with Crippen LogP contribution < -0.4 is 10.1 Å². The lowest BCUT2D eigenvalue weighted by molar-refractivity contribution is -0.143. The second-order valence-corrected chi connectivity index (χ2v) is 7.77. The molecule has 1 atom stereocenters. The predicted octanol–water partition coefficient (Wildman–Crippen LogP) is 5.52. The van der Waals surface area contributed by atoms with Gasteiger partial charge in [-0.1, -0.05) is 29.4 Å². The fourth-order valence-electron chi connectivity index (χ4n) is 3.29. The minimum absolute atomic E-state index is 0.126. The molecule has 174 valence electrons. The normalized spacial score (nSPS) is 11.9. The van der Waals surface area contributed by atoms with Gasteiger partial charge < -0.3 is 19.6 Å². The molecule has 1 N–H and O–H groups in total. The van der Waals surface area contributed by atoms with Crippen LogP contribution in [0.15, 0.2) is 47.6 Å². The van der Waals surface area contributed by atoms with Crippen LogP contribution >= 0.6 is 0 Å². The molecule has 0 radical (unpaired) electrons. The quantitative estimate of drug-likeness (QED) is 0.238. The summed E-state index contributed by atoms with van der Waals surface area (Å²) in [6.45, 7) is 9.52. The lowest BCUT2D eigenvalue weighted by Crippen LogP contribution is -2.16. The molecule has 6 heteroatoms. The van der Waals surface area contributed by atoms with Crippen molar-refractivity contribution < 1.29 is 19.1 Å². The molecule has 0 heterocycles. The number of carbonyl (C=O) groups excluding carboxylic acids is 1. The average Bonchev–Trinajstić information content (AvgIpc) is 2.75. The molecule has 0 saturated carbocycles. The van der Waals surface area contributed by atoms with Crippen molar-refractivity contribution in [3.05, 3.63) is 59.2 Å². The standard InChI is InChI=1S/C26H36N2O4/c1-5-30-26(29)9-7-8-21(4)28-24-16-20(3)17-25(18-24)31-15-14-22-10-12-23(13-11-22)19-27-32-6-2/h10-13,16-19,21,28H,5-9,14-15H2,1-4H3. The number of carbonyl (C=O) groups is 1. The van der Waals surface area contributed by atoms with E-state index in [9.17, 15) is 4.79 Å². The number of aryl methyl sites for hydroxylation is 1. The van der Waals surface area contributed by atoms with Gasteiger partial charge in [0.15, 0.2) is 0 Å². The van der Waals surface area contributed by atoms with Crippen LogP contribution in [-0.2, 0) is 20.8 Å². The van der Waals surface area contributed by atoms with Crippen LogP contribution in [0.1, 0.15) is 56.7 Å². The van der Waals surface area contributed by atoms with E-state index in [4.69, 9.17) is 14.3 Å². The molecule has 0 amide bonds. The van der Waals surface area contributed by atoms with Crippen molar-refractivity contribution in [2.45, 2.75) is 59.4 Å². The van der Waals surface area contributed by atoms with Crippen molar-refractivity contribution in [3.63, 3.8) is 0 Å². The Bertz CT molecular complexity index is 849. The number of nitrogens with one attached hydrogen (secondary N) is 1. The second kappa shape index (κ2) is 14.1. The van der Waals surface area contributed by atoms with E-state index in [-0.39, 0.29) is 12.0 Å². The van der Waals surface area contributed by atoms with Gasteiger partial charge in [-0.05, 0) is 69.4 Å². The first-order valence-electron chi connectivity index (χ1n) is 11.4. The summed E-state index contributed by atoms with van der Waals surface area (Å²) < 4.78 is 11.0. The topological polar surface area (TPSA) is 69.2 Å². The minimum Gasteiger partial charge on any atom is -0.493 e. The average molecular weight is 441 g/mol. The summed E-state index contributed by atoms with van der Waals surface area (Å²) in [5.74, 6) is 0.728. The van der Waals surface area contributed by atoms with Crippen LogP contribution in [0.2, 0.25) is 0 Å². The van der Waals surface area contributed by atoms with Crippen molar-refractivity contribution in [1.29, 1.82) is 0 Å². The molecule has 0 bridgehead atoms. The maximum absolute atomic E-state index is 11.5. The third-order valence-electron chi connectivity index (χ3n) is 4.83. The Morgan fingerprint density at radius 2 is 1.91 bits per heavy atom. The van der Waals surface area contributed by atoms with Gasteiger partial charge in [0.1, 0.15) is 12.4 Å². The molecule has 2 aromatic rings. The van der Waals surface area contributed by atoms with Crippen LogP contribution in [0.5, 0.6) is 5.75 Å². The number of rotatable bonds is 14. The highest BCUT2D eigenvalue weighted by Gasteiger charge is 2.07. The summed E-state index contributed by atoms with van der Waals surface area (Å²) in [6, 6.07) is 14.6. The Kier molecular flexibility index (Phi) is 11.1. The molecule has 1 unspecified atom stereocenters. The number of oxime groups is 1. The Morgan fingerprint density at radius 1 is 1.12 bits per heavy atom. The number of hydrogen-bond acceptors (Lipinski definition) is 6. The lowest BCUT2D eigenvalue weighted by Gasteiger charge is -2.17. The predicted molar refractivity (Wildman–Crippen MR) is 130 cm³/mol. The van der Waals surface area contributed by atoms with Crippen molar-refractivity contribution in [1.82, 2.24) is 0 Å². The maximum Gasteiger partial charge on any atom is 0.305 e. The fourth-order valence-corrected chi connectivity index (χ4v) is 3.29. The van der Waals surface area contributed by atoms with E-state index >= 15 is 0 Å². The Hall–Kier alpha value is -3.02. The maximum atomic E-state index is 11.5. The van der Waals surface area contributed by atoms with Gasteiger partial charge in [0.25, 0.3) is 0 Å². The first-order valence-corrected chi connectivity index (χ1v) is 11.4. The summed E-state index contributed by atoms with van der Waals surface area (Å²) >= 11 is 0. The summed E-state index contributed by atoms with van der Waals surface area (Å²) in [4.78, 5) is 16.5. The van der Waals surface area contributed by atoms with Crippen molar-refractivity contribution >= 4 is 17.9 Å². The first kappa shape index (κ1) is 25.2. The number of benzene rings is 2. The summed E-state index contributed by atoms with van der Waals surface area (Å²) in [5.41, 5.74) is 4.39. The zero-order valence-corrected chi connectivity index (χ0v) is 19.7. The van der Waals surface area contributed by atoms with E-state index < -0.39 is 0 Å². The number of anilines is 1. The van der Waals surface area contributed by atoms with E-state index in [1.165, 1.54) is 5.56 Å². The molecule has 0 aliphatic heterocycles. The molecule has 2 rings (SSSR count).